The van der Waals surface area contributed by atoms with Crippen LogP contribution in [0.25, 0.3) is 5.69 Å². The van der Waals surface area contributed by atoms with Crippen LogP contribution in [0.4, 0.5) is 5.69 Å². The number of ether oxygens (including phenoxy) is 2. The van der Waals surface area contributed by atoms with Crippen LogP contribution < -0.4 is 14.8 Å². The third-order valence-electron chi connectivity index (χ3n) is 3.94. The largest absolute Gasteiger partial charge is 0.484 e. The molecule has 29 heavy (non-hydrogen) atoms. The standard InChI is InChI=1S/C21H17N5O3/c27-21(14-28-18-12-8-17(9-13-18)26-15-22-24-25-26)23-16-6-10-20(11-7-16)29-19-4-2-1-3-5-19/h1-13,15H,14H2,(H,23,27). The van der Waals surface area contributed by atoms with Crippen molar-refractivity contribution in [2.24, 2.45) is 0 Å². The van der Waals surface area contributed by atoms with E-state index in [2.05, 4.69) is 20.8 Å². The molecule has 4 rings (SSSR count). The number of hydrogen-bond donors (Lipinski definition) is 1. The van der Waals surface area contributed by atoms with Crippen molar-refractivity contribution in [3.05, 3.63) is 85.2 Å². The second-order valence-electron chi connectivity index (χ2n) is 6.02. The number of amides is 1. The van der Waals surface area contributed by atoms with Crippen molar-refractivity contribution in [1.82, 2.24) is 20.2 Å². The van der Waals surface area contributed by atoms with E-state index < -0.39 is 0 Å². The lowest BCUT2D eigenvalue weighted by Crippen LogP contribution is -2.20. The van der Waals surface area contributed by atoms with E-state index >= 15 is 0 Å². The first-order valence-corrected chi connectivity index (χ1v) is 8.85. The van der Waals surface area contributed by atoms with E-state index in [0.29, 0.717) is 17.2 Å². The molecule has 0 atom stereocenters. The lowest BCUT2D eigenvalue weighted by Gasteiger charge is -2.09. The monoisotopic (exact) mass is 387 g/mol. The number of nitrogens with one attached hydrogen (secondary N) is 1. The van der Waals surface area contributed by atoms with Gasteiger partial charge in [-0.1, -0.05) is 18.2 Å². The highest BCUT2D eigenvalue weighted by Crippen LogP contribution is 2.22. The number of para-hydroxylation sites is 1. The highest BCUT2D eigenvalue weighted by Gasteiger charge is 2.05. The normalized spacial score (nSPS) is 10.3. The Labute approximate surface area is 166 Å². The highest BCUT2D eigenvalue weighted by molar-refractivity contribution is 5.91. The molecule has 0 saturated carbocycles. The van der Waals surface area contributed by atoms with E-state index in [4.69, 9.17) is 9.47 Å². The number of anilines is 1. The summed E-state index contributed by atoms with van der Waals surface area (Å²) in [5, 5.41) is 13.8. The Bertz CT molecular complexity index is 1050. The zero-order valence-electron chi connectivity index (χ0n) is 15.3. The van der Waals surface area contributed by atoms with Crippen LogP contribution in [-0.2, 0) is 4.79 Å². The van der Waals surface area contributed by atoms with Crippen LogP contribution in [-0.4, -0.2) is 32.7 Å². The molecule has 8 nitrogen and oxygen atoms in total. The van der Waals surface area contributed by atoms with E-state index in [0.717, 1.165) is 11.4 Å². The third kappa shape index (κ3) is 4.95. The molecule has 1 heterocycles. The van der Waals surface area contributed by atoms with E-state index in [1.165, 1.54) is 11.0 Å². The average Bonchev–Trinajstić information content (AvgIpc) is 3.30. The van der Waals surface area contributed by atoms with Crippen molar-refractivity contribution >= 4 is 11.6 Å². The Hall–Kier alpha value is -4.20. The lowest BCUT2D eigenvalue weighted by atomic mass is 10.3. The van der Waals surface area contributed by atoms with Gasteiger partial charge in [0.1, 0.15) is 23.6 Å². The Morgan fingerprint density at radius 3 is 2.24 bits per heavy atom. The molecule has 0 radical (unpaired) electrons. The topological polar surface area (TPSA) is 91.2 Å². The molecule has 0 bridgehead atoms. The molecule has 0 fully saturated rings. The molecular formula is C21H17N5O3. The van der Waals surface area contributed by atoms with Crippen LogP contribution in [0.5, 0.6) is 17.2 Å². The summed E-state index contributed by atoms with van der Waals surface area (Å²) in [5.41, 5.74) is 1.46. The first-order chi connectivity index (χ1) is 14.3. The number of rotatable bonds is 7. The van der Waals surface area contributed by atoms with Gasteiger partial charge in [-0.3, -0.25) is 4.79 Å². The van der Waals surface area contributed by atoms with E-state index in [1.54, 1.807) is 48.5 Å². The van der Waals surface area contributed by atoms with Gasteiger partial charge in [-0.25, -0.2) is 4.68 Å². The highest BCUT2D eigenvalue weighted by atomic mass is 16.5. The summed E-state index contributed by atoms with van der Waals surface area (Å²) in [4.78, 5) is 12.1. The Morgan fingerprint density at radius 1 is 0.862 bits per heavy atom. The van der Waals surface area contributed by atoms with Gasteiger partial charge in [-0.2, -0.15) is 0 Å². The van der Waals surface area contributed by atoms with Crippen LogP contribution in [0.1, 0.15) is 0 Å². The molecule has 4 aromatic rings. The van der Waals surface area contributed by atoms with E-state index in [1.807, 2.05) is 30.3 Å². The second kappa shape index (κ2) is 8.66. The van der Waals surface area contributed by atoms with Crippen molar-refractivity contribution in [2.45, 2.75) is 0 Å². The fraction of sp³-hybridized carbons (Fsp3) is 0.0476. The van der Waals surface area contributed by atoms with Crippen LogP contribution in [0.15, 0.2) is 85.2 Å². The number of aromatic nitrogens is 4. The zero-order valence-corrected chi connectivity index (χ0v) is 15.3. The maximum atomic E-state index is 12.1. The Balaban J connectivity index is 1.27. The maximum absolute atomic E-state index is 12.1. The molecule has 144 valence electrons. The molecule has 0 unspecified atom stereocenters. The molecule has 1 aromatic heterocycles. The number of carbonyl (C=O) groups excluding carboxylic acids is 1. The number of benzene rings is 3. The van der Waals surface area contributed by atoms with E-state index in [9.17, 15) is 4.79 Å². The van der Waals surface area contributed by atoms with Gasteiger partial charge in [-0.15, -0.1) is 5.10 Å². The van der Waals surface area contributed by atoms with Gasteiger partial charge in [0.25, 0.3) is 5.91 Å². The SMILES string of the molecule is O=C(COc1ccc(-n2cnnn2)cc1)Nc1ccc(Oc2ccccc2)cc1. The maximum Gasteiger partial charge on any atom is 0.262 e. The summed E-state index contributed by atoms with van der Waals surface area (Å²) in [6.45, 7) is -0.105. The summed E-state index contributed by atoms with van der Waals surface area (Å²) in [7, 11) is 0. The molecule has 8 heteroatoms. The predicted octanol–water partition coefficient (Wildman–Crippen LogP) is 3.47. The number of hydrogen-bond acceptors (Lipinski definition) is 6. The lowest BCUT2D eigenvalue weighted by molar-refractivity contribution is -0.118. The summed E-state index contributed by atoms with van der Waals surface area (Å²) in [6, 6.07) is 23.7. The third-order valence-corrected chi connectivity index (χ3v) is 3.94. The van der Waals surface area contributed by atoms with Crippen LogP contribution in [0.2, 0.25) is 0 Å². The van der Waals surface area contributed by atoms with Crippen molar-refractivity contribution in [2.75, 3.05) is 11.9 Å². The fourth-order valence-corrected chi connectivity index (χ4v) is 2.55. The Morgan fingerprint density at radius 2 is 1.55 bits per heavy atom. The Kier molecular flexibility index (Phi) is 5.43. The molecule has 1 N–H and O–H groups in total. The van der Waals surface area contributed by atoms with Crippen molar-refractivity contribution < 1.29 is 14.3 Å². The first kappa shape index (κ1) is 18.2. The van der Waals surface area contributed by atoms with Gasteiger partial charge in [-0.05, 0) is 71.1 Å². The zero-order chi connectivity index (χ0) is 19.9. The molecule has 0 spiro atoms. The van der Waals surface area contributed by atoms with Gasteiger partial charge in [0.15, 0.2) is 6.61 Å². The number of tetrazole rings is 1. The summed E-state index contributed by atoms with van der Waals surface area (Å²) in [6.07, 6.45) is 1.50. The number of nitrogens with zero attached hydrogens (tertiary/aromatic N) is 4. The minimum Gasteiger partial charge on any atom is -0.484 e. The number of carbonyl (C=O) groups is 1. The van der Waals surface area contributed by atoms with Gasteiger partial charge in [0.2, 0.25) is 0 Å². The van der Waals surface area contributed by atoms with Gasteiger partial charge in [0.05, 0.1) is 5.69 Å². The molecule has 0 aliphatic rings. The summed E-state index contributed by atoms with van der Waals surface area (Å²) < 4.78 is 12.8. The van der Waals surface area contributed by atoms with Gasteiger partial charge < -0.3 is 14.8 Å². The minimum absolute atomic E-state index is 0.105. The average molecular weight is 387 g/mol. The van der Waals surface area contributed by atoms with Crippen LogP contribution >= 0.6 is 0 Å². The predicted molar refractivity (Wildman–Crippen MR) is 106 cm³/mol. The van der Waals surface area contributed by atoms with Crippen LogP contribution in [0.3, 0.4) is 0 Å². The minimum atomic E-state index is -0.258. The molecular weight excluding hydrogens is 370 g/mol. The van der Waals surface area contributed by atoms with Gasteiger partial charge >= 0.3 is 0 Å². The van der Waals surface area contributed by atoms with Crippen LogP contribution in [0, 0.1) is 0 Å². The van der Waals surface area contributed by atoms with E-state index in [-0.39, 0.29) is 12.5 Å². The first-order valence-electron chi connectivity index (χ1n) is 8.85. The molecule has 0 saturated heterocycles. The van der Waals surface area contributed by atoms with Crippen molar-refractivity contribution in [1.29, 1.82) is 0 Å². The smallest absolute Gasteiger partial charge is 0.262 e. The molecule has 1 amide bonds. The quantitative estimate of drug-likeness (QED) is 0.522. The fourth-order valence-electron chi connectivity index (χ4n) is 2.55. The molecule has 3 aromatic carbocycles. The summed E-state index contributed by atoms with van der Waals surface area (Å²) >= 11 is 0. The van der Waals surface area contributed by atoms with Crippen molar-refractivity contribution in [3.8, 4) is 22.9 Å². The molecule has 0 aliphatic carbocycles. The van der Waals surface area contributed by atoms with Gasteiger partial charge in [0, 0.05) is 5.69 Å². The second-order valence-corrected chi connectivity index (χ2v) is 6.02. The summed E-state index contributed by atoms with van der Waals surface area (Å²) in [5.74, 6) is 1.76. The van der Waals surface area contributed by atoms with Crippen molar-refractivity contribution in [3.63, 3.8) is 0 Å². The molecule has 0 aliphatic heterocycles.